The first-order valence-electron chi connectivity index (χ1n) is 24.7. The summed E-state index contributed by atoms with van der Waals surface area (Å²) < 4.78 is 31.7. The maximum Gasteiger partial charge on any atom is 0.326 e. The van der Waals surface area contributed by atoms with Gasteiger partial charge in [0.05, 0.1) is 12.5 Å². The molecule has 0 saturated heterocycles. The maximum atomic E-state index is 15.4. The van der Waals surface area contributed by atoms with E-state index in [1.807, 2.05) is 0 Å². The molecule has 25 nitrogen and oxygen atoms in total. The number of carbonyl (C=O) groups is 12. The molecule has 426 valence electrons. The molecule has 3 aromatic rings. The molecule has 0 unspecified atom stereocenters. The third kappa shape index (κ3) is 18.7. The Balaban J connectivity index is 1.66. The third-order valence-corrected chi connectivity index (χ3v) is 12.2. The molecule has 6 atom stereocenters. The van der Waals surface area contributed by atoms with Gasteiger partial charge in [-0.15, -0.1) is 0 Å². The van der Waals surface area contributed by atoms with Gasteiger partial charge in [-0.2, -0.15) is 0 Å². The molecule has 1 aliphatic heterocycles. The fraction of sp³-hybridized carbons (Fsp3) is 0.423. The lowest BCUT2D eigenvalue weighted by molar-refractivity contribution is -0.143. The van der Waals surface area contributed by atoms with Crippen LogP contribution in [0.25, 0.3) is 11.1 Å². The molecule has 79 heavy (non-hydrogen) atoms. The maximum absolute atomic E-state index is 15.4. The molecule has 4 rings (SSSR count). The number of aromatic nitrogens is 1. The van der Waals surface area contributed by atoms with E-state index in [-0.39, 0.29) is 17.7 Å². The van der Waals surface area contributed by atoms with Crippen LogP contribution in [0.1, 0.15) is 84.0 Å². The number of carboxylic acid groups (broad SMARTS) is 3. The Labute approximate surface area is 451 Å². The van der Waals surface area contributed by atoms with Crippen LogP contribution < -0.4 is 31.9 Å². The molecule has 0 bridgehead atoms. The number of carbonyl (C=O) groups excluding carboxylic acids is 9. The number of aliphatic carboxylic acids is 3. The summed E-state index contributed by atoms with van der Waals surface area (Å²) >= 11 is 0. The fourth-order valence-corrected chi connectivity index (χ4v) is 8.29. The van der Waals surface area contributed by atoms with E-state index in [0.29, 0.717) is 10.6 Å². The highest BCUT2D eigenvalue weighted by molar-refractivity contribution is 6.14. The van der Waals surface area contributed by atoms with Gasteiger partial charge in [-0.1, -0.05) is 51.1 Å². The van der Waals surface area contributed by atoms with Gasteiger partial charge in [0.2, 0.25) is 41.4 Å². The zero-order valence-electron chi connectivity index (χ0n) is 43.7. The number of amides is 9. The summed E-state index contributed by atoms with van der Waals surface area (Å²) in [6.07, 6.45) is 0.145. The third-order valence-electron chi connectivity index (χ3n) is 12.2. The van der Waals surface area contributed by atoms with Gasteiger partial charge >= 0.3 is 17.9 Å². The first-order valence-corrected chi connectivity index (χ1v) is 24.7. The molecule has 0 fully saturated rings. The van der Waals surface area contributed by atoms with Gasteiger partial charge in [-0.05, 0) is 61.9 Å². The lowest BCUT2D eigenvalue weighted by atomic mass is 9.82. The second-order valence-electron chi connectivity index (χ2n) is 19.5. The van der Waals surface area contributed by atoms with Gasteiger partial charge in [0, 0.05) is 67.6 Å². The molecular weight excluding hydrogens is 1040 g/mol. The van der Waals surface area contributed by atoms with Crippen LogP contribution in [0.4, 0.5) is 8.78 Å². The van der Waals surface area contributed by atoms with E-state index in [0.717, 1.165) is 42.8 Å². The van der Waals surface area contributed by atoms with E-state index in [2.05, 4.69) is 31.9 Å². The highest BCUT2D eigenvalue weighted by Gasteiger charge is 2.39. The Hall–Kier alpha value is -8.88. The Morgan fingerprint density at radius 3 is 1.90 bits per heavy atom. The van der Waals surface area contributed by atoms with Crippen molar-refractivity contribution >= 4 is 71.1 Å². The monoisotopic (exact) mass is 1110 g/mol. The summed E-state index contributed by atoms with van der Waals surface area (Å²) in [7, 11) is 0. The molecule has 0 radical (unpaired) electrons. The van der Waals surface area contributed by atoms with Gasteiger partial charge in [0.1, 0.15) is 55.0 Å². The number of nitrogens with one attached hydrogen (secondary N) is 6. The molecule has 27 heteroatoms. The van der Waals surface area contributed by atoms with Crippen LogP contribution >= 0.6 is 0 Å². The van der Waals surface area contributed by atoms with E-state index in [1.54, 1.807) is 67.9 Å². The van der Waals surface area contributed by atoms with Crippen LogP contribution in [0.2, 0.25) is 0 Å². The minimum atomic E-state index is -1.98. The number of carboxylic acids is 3. The SMILES string of the molecule is C[C@H](NC(=O)CN1C(=O)C=CC1=O)C(=O)N[C@H](C)C(=O)N[C@@H](CC(=O)O)C(=O)N[C@@H](CCN(C(=O)CO)[C@@H](c1cc(-c2cc(F)ccc2F)cn1Cc1ccccc1)C(C)(C)C)C(=O)NCCC(=O)N[C@@H](CCC(=O)O)C(=O)O. The van der Waals surface area contributed by atoms with Crippen LogP contribution in [-0.4, -0.2) is 162 Å². The number of halogens is 2. The number of nitrogens with zero attached hydrogens (tertiary/aromatic N) is 3. The number of hydrogen-bond donors (Lipinski definition) is 10. The lowest BCUT2D eigenvalue weighted by Gasteiger charge is -2.41. The molecule has 10 N–H and O–H groups in total. The molecular formula is C52H63F2N9O16. The summed E-state index contributed by atoms with van der Waals surface area (Å²) in [6.45, 7) is 4.89. The molecule has 2 heterocycles. The summed E-state index contributed by atoms with van der Waals surface area (Å²) in [6, 6.07) is 4.08. The zero-order chi connectivity index (χ0) is 58.9. The van der Waals surface area contributed by atoms with Crippen LogP contribution in [0.15, 0.2) is 72.9 Å². The van der Waals surface area contributed by atoms with E-state index in [9.17, 15) is 77.2 Å². The number of imide groups is 1. The van der Waals surface area contributed by atoms with Crippen molar-refractivity contribution in [3.63, 3.8) is 0 Å². The lowest BCUT2D eigenvalue weighted by Crippen LogP contribution is -2.58. The van der Waals surface area contributed by atoms with Crippen LogP contribution in [0.5, 0.6) is 0 Å². The van der Waals surface area contributed by atoms with E-state index < -0.39 is 183 Å². The summed E-state index contributed by atoms with van der Waals surface area (Å²) in [5, 5.41) is 52.4. The van der Waals surface area contributed by atoms with E-state index >= 15 is 4.39 Å². The van der Waals surface area contributed by atoms with E-state index in [1.165, 1.54) is 11.8 Å². The minimum absolute atomic E-state index is 0.115. The molecule has 1 aliphatic rings. The Bertz CT molecular complexity index is 2820. The second-order valence-corrected chi connectivity index (χ2v) is 19.5. The summed E-state index contributed by atoms with van der Waals surface area (Å²) in [4.78, 5) is 154. The summed E-state index contributed by atoms with van der Waals surface area (Å²) in [5.74, 6) is -14.7. The Morgan fingerprint density at radius 1 is 0.684 bits per heavy atom. The smallest absolute Gasteiger partial charge is 0.326 e. The predicted molar refractivity (Wildman–Crippen MR) is 272 cm³/mol. The van der Waals surface area contributed by atoms with Crippen LogP contribution in [0.3, 0.4) is 0 Å². The van der Waals surface area contributed by atoms with Crippen molar-refractivity contribution in [3.8, 4) is 11.1 Å². The van der Waals surface area contributed by atoms with Crippen molar-refractivity contribution in [2.24, 2.45) is 5.41 Å². The average molecular weight is 1110 g/mol. The molecule has 2 aromatic carbocycles. The number of hydrogen-bond acceptors (Lipinski definition) is 13. The number of rotatable bonds is 29. The first-order chi connectivity index (χ1) is 37.1. The quantitative estimate of drug-likeness (QED) is 0.0412. The standard InChI is InChI=1S/C52H63F2N9O16/c1-28(56-40(66)26-63-41(67)14-15-42(63)68)47(74)57-29(2)48(75)60-37(23-45(72)73)50(77)59-35(49(76)55-19-17-39(65)58-36(51(78)79)13-16-44(70)71)18-20-62(43(69)27-64)46(52(3,4)5)38-21-31(33-22-32(53)11-12-34(33)54)25-61(38)24-30-9-7-6-8-10-30/h6-12,14-15,21-22,25,28-29,35-37,46,64H,13,16-20,23-24,26-27H2,1-5H3,(H,55,76)(H,56,66)(H,57,74)(H,58,65)(H,59,77)(H,60,75)(H,70,71)(H,72,73)(H,78,79)/t28-,29+,35-,36-,37-,46-/m0/s1. The Kier molecular flexibility index (Phi) is 22.6. The van der Waals surface area contributed by atoms with E-state index in [4.69, 9.17) is 5.11 Å². The van der Waals surface area contributed by atoms with Crippen molar-refractivity contribution in [1.29, 1.82) is 0 Å². The molecule has 1 aromatic heterocycles. The first kappa shape index (κ1) is 62.7. The number of benzene rings is 2. The average Bonchev–Trinajstić information content (AvgIpc) is 4.03. The largest absolute Gasteiger partial charge is 0.481 e. The Morgan fingerprint density at radius 2 is 1.30 bits per heavy atom. The fourth-order valence-electron chi connectivity index (χ4n) is 8.29. The molecule has 0 aliphatic carbocycles. The van der Waals surface area contributed by atoms with Crippen molar-refractivity contribution < 1.29 is 86.7 Å². The van der Waals surface area contributed by atoms with Crippen molar-refractivity contribution in [3.05, 3.63) is 95.8 Å². The van der Waals surface area contributed by atoms with Gasteiger partial charge in [0.15, 0.2) is 0 Å². The number of aliphatic hydroxyl groups excluding tert-OH is 1. The van der Waals surface area contributed by atoms with Crippen LogP contribution in [0, 0.1) is 17.0 Å². The topological polar surface area (TPSA) is 369 Å². The van der Waals surface area contributed by atoms with Gasteiger partial charge < -0.3 is 61.8 Å². The van der Waals surface area contributed by atoms with Gasteiger partial charge in [-0.25, -0.2) is 13.6 Å². The van der Waals surface area contributed by atoms with Crippen molar-refractivity contribution in [2.45, 2.75) is 110 Å². The highest BCUT2D eigenvalue weighted by atomic mass is 19.1. The second kappa shape index (κ2) is 28.5. The normalized spacial score (nSPS) is 14.4. The molecule has 9 amide bonds. The minimum Gasteiger partial charge on any atom is -0.481 e. The molecule has 0 saturated carbocycles. The predicted octanol–water partition coefficient (Wildman–Crippen LogP) is 0.0990. The van der Waals surface area contributed by atoms with Crippen molar-refractivity contribution in [2.75, 3.05) is 26.2 Å². The van der Waals surface area contributed by atoms with Gasteiger partial charge in [-0.3, -0.25) is 57.6 Å². The number of aliphatic hydroxyl groups is 1. The molecule has 0 spiro atoms. The zero-order valence-corrected chi connectivity index (χ0v) is 43.7. The van der Waals surface area contributed by atoms with Crippen LogP contribution in [-0.2, 0) is 64.1 Å². The van der Waals surface area contributed by atoms with Crippen molar-refractivity contribution in [1.82, 2.24) is 46.3 Å². The summed E-state index contributed by atoms with van der Waals surface area (Å²) in [5.41, 5.74) is 0.236. The highest BCUT2D eigenvalue weighted by Crippen LogP contribution is 2.41. The van der Waals surface area contributed by atoms with Gasteiger partial charge in [0.25, 0.3) is 11.8 Å².